The molecule has 0 fully saturated rings. The lowest BCUT2D eigenvalue weighted by atomic mass is 10.3. The number of anilines is 1. The summed E-state index contributed by atoms with van der Waals surface area (Å²) in [5, 5.41) is 2.64. The van der Waals surface area contributed by atoms with E-state index in [2.05, 4.69) is 5.32 Å². The van der Waals surface area contributed by atoms with Gasteiger partial charge in [0.1, 0.15) is 11.5 Å². The van der Waals surface area contributed by atoms with Crippen LogP contribution in [0, 0.1) is 0 Å². The van der Waals surface area contributed by atoms with Gasteiger partial charge in [-0.05, 0) is 12.1 Å². The van der Waals surface area contributed by atoms with Crippen LogP contribution in [0.25, 0.3) is 0 Å². The van der Waals surface area contributed by atoms with E-state index in [9.17, 15) is 4.79 Å². The maximum Gasteiger partial charge on any atom is 0.285 e. The fourth-order valence-corrected chi connectivity index (χ4v) is 1.30. The van der Waals surface area contributed by atoms with Gasteiger partial charge in [0, 0.05) is 28.7 Å². The highest BCUT2D eigenvalue weighted by molar-refractivity contribution is 14.1. The molecule has 1 amide bonds. The molecule has 0 aromatic heterocycles. The van der Waals surface area contributed by atoms with E-state index in [1.165, 1.54) is 7.11 Å². The second-order valence-corrected chi connectivity index (χ2v) is 3.44. The fraction of sp³-hybridized carbons (Fsp3) is 0.222. The molecule has 0 atom stereocenters. The molecule has 0 unspecified atom stereocenters. The Morgan fingerprint density at radius 1 is 1.36 bits per heavy atom. The van der Waals surface area contributed by atoms with Crippen LogP contribution in [0.1, 0.15) is 0 Å². The van der Waals surface area contributed by atoms with Crippen LogP contribution >= 0.6 is 22.6 Å². The quantitative estimate of drug-likeness (QED) is 0.530. The van der Waals surface area contributed by atoms with Crippen molar-refractivity contribution in [2.75, 3.05) is 19.5 Å². The summed E-state index contributed by atoms with van der Waals surface area (Å²) in [6.45, 7) is 0. The van der Waals surface area contributed by atoms with Crippen LogP contribution in [0.4, 0.5) is 10.5 Å². The summed E-state index contributed by atoms with van der Waals surface area (Å²) in [6, 6.07) is 5.20. The van der Waals surface area contributed by atoms with Crippen molar-refractivity contribution in [1.29, 1.82) is 0 Å². The lowest BCUT2D eigenvalue weighted by molar-refractivity contribution is 0.271. The predicted octanol–water partition coefficient (Wildman–Crippen LogP) is 2.67. The highest BCUT2D eigenvalue weighted by atomic mass is 127. The number of amides is 1. The molecule has 0 saturated carbocycles. The zero-order valence-corrected chi connectivity index (χ0v) is 9.99. The third-order valence-corrected chi connectivity index (χ3v) is 1.91. The number of carbonyl (C=O) groups is 1. The van der Waals surface area contributed by atoms with Crippen molar-refractivity contribution in [2.45, 2.75) is 0 Å². The standard InChI is InChI=1S/C9H10INO3/c1-13-6-3-4-7(11-9(10)12)8(5-6)14-2/h3-5H,1-2H3,(H,11,12). The Balaban J connectivity index is 2.98. The monoisotopic (exact) mass is 307 g/mol. The van der Waals surface area contributed by atoms with Crippen molar-refractivity contribution >= 4 is 32.2 Å². The minimum absolute atomic E-state index is 0.161. The Morgan fingerprint density at radius 2 is 2.07 bits per heavy atom. The van der Waals surface area contributed by atoms with E-state index >= 15 is 0 Å². The summed E-state index contributed by atoms with van der Waals surface area (Å²) < 4.78 is 9.95. The molecule has 0 aliphatic carbocycles. The Hall–Kier alpha value is -0.980. The van der Waals surface area contributed by atoms with Crippen LogP contribution in [-0.2, 0) is 0 Å². The van der Waals surface area contributed by atoms with Crippen molar-refractivity contribution in [3.05, 3.63) is 18.2 Å². The minimum atomic E-state index is -0.161. The van der Waals surface area contributed by atoms with Gasteiger partial charge in [0.05, 0.1) is 19.9 Å². The first-order valence-electron chi connectivity index (χ1n) is 3.86. The Kier molecular flexibility index (Phi) is 3.99. The molecule has 0 heterocycles. The van der Waals surface area contributed by atoms with Gasteiger partial charge in [-0.25, -0.2) is 0 Å². The molecule has 1 aromatic carbocycles. The molecule has 4 nitrogen and oxygen atoms in total. The van der Waals surface area contributed by atoms with Gasteiger partial charge in [0.25, 0.3) is 3.91 Å². The molecule has 0 spiro atoms. The number of halogens is 1. The van der Waals surface area contributed by atoms with Gasteiger partial charge >= 0.3 is 0 Å². The van der Waals surface area contributed by atoms with Gasteiger partial charge in [-0.15, -0.1) is 0 Å². The van der Waals surface area contributed by atoms with Gasteiger partial charge in [0.15, 0.2) is 0 Å². The molecule has 0 aliphatic rings. The summed E-state index contributed by atoms with van der Waals surface area (Å²) in [7, 11) is 3.11. The first-order valence-corrected chi connectivity index (χ1v) is 4.93. The highest BCUT2D eigenvalue weighted by Gasteiger charge is 2.06. The second kappa shape index (κ2) is 5.04. The lowest BCUT2D eigenvalue weighted by Gasteiger charge is -2.09. The van der Waals surface area contributed by atoms with E-state index in [4.69, 9.17) is 9.47 Å². The topological polar surface area (TPSA) is 47.6 Å². The smallest absolute Gasteiger partial charge is 0.285 e. The fourth-order valence-electron chi connectivity index (χ4n) is 1.01. The van der Waals surface area contributed by atoms with Crippen molar-refractivity contribution in [3.63, 3.8) is 0 Å². The van der Waals surface area contributed by atoms with Crippen LogP contribution in [0.5, 0.6) is 11.5 Å². The van der Waals surface area contributed by atoms with Crippen molar-refractivity contribution in [3.8, 4) is 11.5 Å². The molecule has 1 aromatic rings. The van der Waals surface area contributed by atoms with Crippen LogP contribution in [-0.4, -0.2) is 18.1 Å². The van der Waals surface area contributed by atoms with Gasteiger partial charge in [-0.1, -0.05) is 0 Å². The average molecular weight is 307 g/mol. The first-order chi connectivity index (χ1) is 6.67. The van der Waals surface area contributed by atoms with Crippen LogP contribution in [0.2, 0.25) is 0 Å². The van der Waals surface area contributed by atoms with Crippen LogP contribution in [0.3, 0.4) is 0 Å². The number of methoxy groups -OCH3 is 2. The zero-order chi connectivity index (χ0) is 10.6. The number of hydrogen-bond acceptors (Lipinski definition) is 3. The van der Waals surface area contributed by atoms with E-state index in [1.807, 2.05) is 0 Å². The maximum absolute atomic E-state index is 10.8. The molecule has 76 valence electrons. The van der Waals surface area contributed by atoms with Crippen molar-refractivity contribution in [1.82, 2.24) is 0 Å². The zero-order valence-electron chi connectivity index (χ0n) is 7.83. The van der Waals surface area contributed by atoms with Crippen molar-refractivity contribution in [2.24, 2.45) is 0 Å². The summed E-state index contributed by atoms with van der Waals surface area (Å²) in [5.74, 6) is 1.27. The Bertz CT molecular complexity index is 341. The van der Waals surface area contributed by atoms with E-state index in [0.717, 1.165) is 0 Å². The third-order valence-electron chi connectivity index (χ3n) is 1.64. The van der Waals surface area contributed by atoms with Gasteiger partial charge < -0.3 is 14.8 Å². The molecular formula is C9H10INO3. The minimum Gasteiger partial charge on any atom is -0.497 e. The molecule has 0 radical (unpaired) electrons. The summed E-state index contributed by atoms with van der Waals surface area (Å²) in [4.78, 5) is 10.8. The number of rotatable bonds is 3. The van der Waals surface area contributed by atoms with E-state index in [1.54, 1.807) is 47.9 Å². The van der Waals surface area contributed by atoms with Crippen molar-refractivity contribution < 1.29 is 14.3 Å². The Morgan fingerprint density at radius 3 is 2.57 bits per heavy atom. The SMILES string of the molecule is COc1ccc(NC(=O)I)c(OC)c1. The number of nitrogens with one attached hydrogen (secondary N) is 1. The van der Waals surface area contributed by atoms with Crippen LogP contribution in [0.15, 0.2) is 18.2 Å². The number of ether oxygens (including phenoxy) is 2. The largest absolute Gasteiger partial charge is 0.497 e. The second-order valence-electron chi connectivity index (χ2n) is 2.46. The molecular weight excluding hydrogens is 297 g/mol. The van der Waals surface area contributed by atoms with Gasteiger partial charge in [-0.3, -0.25) is 4.79 Å². The molecule has 0 aliphatic heterocycles. The number of carbonyl (C=O) groups excluding carboxylic acids is 1. The molecule has 1 rings (SSSR count). The molecule has 5 heteroatoms. The van der Waals surface area contributed by atoms with Crippen LogP contribution < -0.4 is 14.8 Å². The number of hydrogen-bond donors (Lipinski definition) is 1. The summed E-state index contributed by atoms with van der Waals surface area (Å²) in [6.07, 6.45) is 0. The summed E-state index contributed by atoms with van der Waals surface area (Å²) in [5.41, 5.74) is 0.632. The molecule has 1 N–H and O–H groups in total. The first kappa shape index (κ1) is 11.1. The Labute approximate surface area is 95.7 Å². The summed E-state index contributed by atoms with van der Waals surface area (Å²) >= 11 is 1.66. The van der Waals surface area contributed by atoms with E-state index in [0.29, 0.717) is 17.2 Å². The molecule has 14 heavy (non-hydrogen) atoms. The van der Waals surface area contributed by atoms with E-state index in [-0.39, 0.29) is 3.91 Å². The highest BCUT2D eigenvalue weighted by Crippen LogP contribution is 2.29. The van der Waals surface area contributed by atoms with Gasteiger partial charge in [-0.2, -0.15) is 0 Å². The number of benzene rings is 1. The average Bonchev–Trinajstić information content (AvgIpc) is 2.17. The maximum atomic E-state index is 10.8. The van der Waals surface area contributed by atoms with Gasteiger partial charge in [0.2, 0.25) is 0 Å². The molecule has 0 saturated heterocycles. The predicted molar refractivity (Wildman–Crippen MR) is 62.6 cm³/mol. The third kappa shape index (κ3) is 2.76. The molecule has 0 bridgehead atoms. The lowest BCUT2D eigenvalue weighted by Crippen LogP contribution is -2.02. The van der Waals surface area contributed by atoms with E-state index < -0.39 is 0 Å². The normalized spacial score (nSPS) is 9.36.